The highest BCUT2D eigenvalue weighted by atomic mass is 16.6. The first-order valence-corrected chi connectivity index (χ1v) is 12.8. The number of aliphatic hydroxyl groups excluding tert-OH is 4. The van der Waals surface area contributed by atoms with Gasteiger partial charge in [-0.15, -0.1) is 0 Å². The molecule has 0 saturated carbocycles. The van der Waals surface area contributed by atoms with Crippen LogP contribution in [0, 0.1) is 0 Å². The molecule has 0 heterocycles. The molecule has 0 spiro atoms. The zero-order valence-corrected chi connectivity index (χ0v) is 21.8. The molecule has 0 aromatic rings. The van der Waals surface area contributed by atoms with Crippen LogP contribution in [-0.4, -0.2) is 137 Å². The summed E-state index contributed by atoms with van der Waals surface area (Å²) in [5.74, 6) is 0. The predicted molar refractivity (Wildman–Crippen MR) is 130 cm³/mol. The zero-order chi connectivity index (χ0) is 26.2. The van der Waals surface area contributed by atoms with Crippen LogP contribution in [0.15, 0.2) is 0 Å². The Labute approximate surface area is 210 Å². The molecule has 5 unspecified atom stereocenters. The first-order chi connectivity index (χ1) is 17.1. The molecule has 4 N–H and O–H groups in total. The van der Waals surface area contributed by atoms with E-state index >= 15 is 0 Å². The maximum absolute atomic E-state index is 9.52. The van der Waals surface area contributed by atoms with Crippen LogP contribution in [0.4, 0.5) is 0 Å². The lowest BCUT2D eigenvalue weighted by molar-refractivity contribution is -0.219. The maximum Gasteiger partial charge on any atom is 0.115 e. The monoisotopic (exact) mass is 514 g/mol. The molecule has 5 atom stereocenters. The lowest BCUT2D eigenvalue weighted by Gasteiger charge is -2.40. The molecule has 11 heteroatoms. The summed E-state index contributed by atoms with van der Waals surface area (Å²) >= 11 is 0. The van der Waals surface area contributed by atoms with Gasteiger partial charge in [0, 0.05) is 19.8 Å². The Bertz CT molecular complexity index is 396. The number of ether oxygens (including phenoxy) is 7. The fraction of sp³-hybridized carbons (Fsp3) is 1.00. The fourth-order valence-electron chi connectivity index (χ4n) is 3.39. The molecule has 0 amide bonds. The van der Waals surface area contributed by atoms with E-state index in [0.717, 1.165) is 19.3 Å². The van der Waals surface area contributed by atoms with Crippen molar-refractivity contribution in [3.05, 3.63) is 0 Å². The van der Waals surface area contributed by atoms with Crippen molar-refractivity contribution in [2.45, 2.75) is 70.6 Å². The molecule has 0 radical (unpaired) electrons. The van der Waals surface area contributed by atoms with E-state index in [1.165, 1.54) is 0 Å². The van der Waals surface area contributed by atoms with Gasteiger partial charge in [0.05, 0.1) is 66.1 Å². The van der Waals surface area contributed by atoms with Crippen molar-refractivity contribution in [3.63, 3.8) is 0 Å². The maximum atomic E-state index is 9.52. The topological polar surface area (TPSA) is 146 Å². The van der Waals surface area contributed by atoms with Gasteiger partial charge in [-0.25, -0.2) is 0 Å². The van der Waals surface area contributed by atoms with Crippen molar-refractivity contribution in [3.8, 4) is 0 Å². The van der Waals surface area contributed by atoms with Gasteiger partial charge < -0.3 is 53.6 Å². The minimum absolute atomic E-state index is 0.0101. The first-order valence-electron chi connectivity index (χ1n) is 12.8. The van der Waals surface area contributed by atoms with Gasteiger partial charge in [-0.2, -0.15) is 0 Å². The van der Waals surface area contributed by atoms with E-state index in [2.05, 4.69) is 0 Å². The number of rotatable bonds is 27. The van der Waals surface area contributed by atoms with E-state index in [1.807, 2.05) is 20.8 Å². The van der Waals surface area contributed by atoms with Gasteiger partial charge in [0.15, 0.2) is 0 Å². The van der Waals surface area contributed by atoms with Crippen LogP contribution in [-0.2, 0) is 33.2 Å². The quantitative estimate of drug-likeness (QED) is 0.111. The summed E-state index contributed by atoms with van der Waals surface area (Å²) in [7, 11) is 0. The molecule has 0 fully saturated rings. The van der Waals surface area contributed by atoms with Crippen LogP contribution in [0.5, 0.6) is 0 Å². The molecule has 11 nitrogen and oxygen atoms in total. The highest BCUT2D eigenvalue weighted by Crippen LogP contribution is 2.23. The van der Waals surface area contributed by atoms with Crippen LogP contribution in [0.3, 0.4) is 0 Å². The SMILES string of the molecule is CCCOCC(OCCO)C(OCCC)C(OCCO)C(OCCO)C(COCCO)OCCC. The van der Waals surface area contributed by atoms with E-state index in [9.17, 15) is 15.3 Å². The summed E-state index contributed by atoms with van der Waals surface area (Å²) in [6.07, 6.45) is -1.12. The largest absolute Gasteiger partial charge is 0.394 e. The van der Waals surface area contributed by atoms with E-state index < -0.39 is 30.5 Å². The third kappa shape index (κ3) is 16.1. The van der Waals surface area contributed by atoms with Crippen molar-refractivity contribution >= 4 is 0 Å². The summed E-state index contributed by atoms with van der Waals surface area (Å²) in [5.41, 5.74) is 0. The Morgan fingerprint density at radius 3 is 1.29 bits per heavy atom. The Morgan fingerprint density at radius 1 is 0.429 bits per heavy atom. The Balaban J connectivity index is 6.17. The highest BCUT2D eigenvalue weighted by molar-refractivity contribution is 4.91. The van der Waals surface area contributed by atoms with Crippen molar-refractivity contribution in [2.24, 2.45) is 0 Å². The molecular weight excluding hydrogens is 464 g/mol. The van der Waals surface area contributed by atoms with E-state index in [-0.39, 0.29) is 66.1 Å². The molecular formula is C24H50O11. The van der Waals surface area contributed by atoms with E-state index in [0.29, 0.717) is 19.8 Å². The van der Waals surface area contributed by atoms with Crippen LogP contribution in [0.2, 0.25) is 0 Å². The standard InChI is InChI=1S/C24H50O11/c1-4-11-29-18-21(32-15-8-26)22(33-13-6-3)24(35-17-10-28)23(34-16-9-27)20(31-12-5-2)19-30-14-7-25/h20-28H,4-19H2,1-3H3. The lowest BCUT2D eigenvalue weighted by atomic mass is 9.98. The summed E-state index contributed by atoms with van der Waals surface area (Å²) in [6, 6.07) is 0. The molecule has 0 aliphatic heterocycles. The summed E-state index contributed by atoms with van der Waals surface area (Å²) in [6.45, 7) is 7.14. The van der Waals surface area contributed by atoms with Gasteiger partial charge >= 0.3 is 0 Å². The summed E-state index contributed by atoms with van der Waals surface area (Å²) in [4.78, 5) is 0. The van der Waals surface area contributed by atoms with E-state index in [4.69, 9.17) is 38.3 Å². The third-order valence-electron chi connectivity index (χ3n) is 4.81. The average molecular weight is 515 g/mol. The number of hydrogen-bond acceptors (Lipinski definition) is 11. The molecule has 0 rings (SSSR count). The predicted octanol–water partition coefficient (Wildman–Crippen LogP) is 0.145. The molecule has 0 aliphatic carbocycles. The molecule has 35 heavy (non-hydrogen) atoms. The van der Waals surface area contributed by atoms with Gasteiger partial charge in [0.2, 0.25) is 0 Å². The Kier molecular flexibility index (Phi) is 24.9. The molecule has 0 aromatic heterocycles. The van der Waals surface area contributed by atoms with Crippen LogP contribution in [0.25, 0.3) is 0 Å². The second-order valence-electron chi connectivity index (χ2n) is 7.87. The minimum Gasteiger partial charge on any atom is -0.394 e. The number of hydrogen-bond donors (Lipinski definition) is 4. The van der Waals surface area contributed by atoms with Gasteiger partial charge in [0.1, 0.15) is 30.5 Å². The van der Waals surface area contributed by atoms with Gasteiger partial charge in [0.25, 0.3) is 0 Å². The number of aliphatic hydroxyl groups is 4. The Morgan fingerprint density at radius 2 is 0.800 bits per heavy atom. The zero-order valence-electron chi connectivity index (χ0n) is 21.8. The van der Waals surface area contributed by atoms with Crippen molar-refractivity contribution < 1.29 is 53.6 Å². The van der Waals surface area contributed by atoms with Crippen molar-refractivity contribution in [1.82, 2.24) is 0 Å². The summed E-state index contributed by atoms with van der Waals surface area (Å²) in [5, 5.41) is 37.5. The summed E-state index contributed by atoms with van der Waals surface area (Å²) < 4.78 is 41.6. The Hall–Kier alpha value is -0.440. The third-order valence-corrected chi connectivity index (χ3v) is 4.81. The van der Waals surface area contributed by atoms with Gasteiger partial charge in [-0.1, -0.05) is 20.8 Å². The molecule has 0 aromatic carbocycles. The fourth-order valence-corrected chi connectivity index (χ4v) is 3.39. The van der Waals surface area contributed by atoms with Crippen LogP contribution < -0.4 is 0 Å². The van der Waals surface area contributed by atoms with E-state index in [1.54, 1.807) is 0 Å². The minimum atomic E-state index is -0.784. The second-order valence-corrected chi connectivity index (χ2v) is 7.87. The van der Waals surface area contributed by atoms with Gasteiger partial charge in [-0.05, 0) is 19.3 Å². The normalized spacial score (nSPS) is 16.2. The van der Waals surface area contributed by atoms with Crippen LogP contribution in [0.1, 0.15) is 40.0 Å². The molecule has 0 aliphatic rings. The van der Waals surface area contributed by atoms with Crippen molar-refractivity contribution in [1.29, 1.82) is 0 Å². The average Bonchev–Trinajstić information content (AvgIpc) is 2.87. The second kappa shape index (κ2) is 25.2. The molecule has 0 bridgehead atoms. The molecule has 0 saturated heterocycles. The van der Waals surface area contributed by atoms with Crippen LogP contribution >= 0.6 is 0 Å². The molecule has 212 valence electrons. The highest BCUT2D eigenvalue weighted by Gasteiger charge is 2.42. The lowest BCUT2D eigenvalue weighted by Crippen LogP contribution is -2.56. The smallest absolute Gasteiger partial charge is 0.115 e. The van der Waals surface area contributed by atoms with Crippen molar-refractivity contribution in [2.75, 3.05) is 85.9 Å². The van der Waals surface area contributed by atoms with Gasteiger partial charge in [-0.3, -0.25) is 0 Å². The first kappa shape index (κ1) is 34.6.